The fourth-order valence-electron chi connectivity index (χ4n) is 3.88. The number of anilines is 3. The maximum Gasteiger partial charge on any atom is 0.323 e. The quantitative estimate of drug-likeness (QED) is 0.254. The summed E-state index contributed by atoms with van der Waals surface area (Å²) in [6.07, 6.45) is 0.783. The first-order valence-electron chi connectivity index (χ1n) is 12.6. The van der Waals surface area contributed by atoms with Crippen LogP contribution >= 0.6 is 0 Å². The number of carbonyl (C=O) groups is 3. The summed E-state index contributed by atoms with van der Waals surface area (Å²) >= 11 is 0. The summed E-state index contributed by atoms with van der Waals surface area (Å²) in [5, 5.41) is 11.2. The molecule has 9 nitrogen and oxygen atoms in total. The first-order chi connectivity index (χ1) is 18.4. The zero-order valence-corrected chi connectivity index (χ0v) is 22.0. The second kappa shape index (κ2) is 14.4. The lowest BCUT2D eigenvalue weighted by Gasteiger charge is -2.21. The Labute approximate surface area is 223 Å². The van der Waals surface area contributed by atoms with Crippen molar-refractivity contribution in [1.82, 2.24) is 10.2 Å². The third-order valence-electron chi connectivity index (χ3n) is 5.80. The number of hydrogen-bond acceptors (Lipinski definition) is 5. The van der Waals surface area contributed by atoms with Crippen LogP contribution in [0.4, 0.5) is 21.9 Å². The Morgan fingerprint density at radius 2 is 1.50 bits per heavy atom. The molecule has 0 heterocycles. The molecule has 0 bridgehead atoms. The van der Waals surface area contributed by atoms with Crippen molar-refractivity contribution >= 4 is 34.9 Å². The van der Waals surface area contributed by atoms with E-state index < -0.39 is 0 Å². The van der Waals surface area contributed by atoms with E-state index in [0.717, 1.165) is 37.3 Å². The van der Waals surface area contributed by atoms with E-state index in [9.17, 15) is 14.4 Å². The molecule has 38 heavy (non-hydrogen) atoms. The molecular weight excluding hydrogens is 482 g/mol. The molecule has 4 N–H and O–H groups in total. The Bertz CT molecular complexity index is 1220. The predicted molar refractivity (Wildman–Crippen MR) is 151 cm³/mol. The van der Waals surface area contributed by atoms with E-state index in [2.05, 4.69) is 33.1 Å². The van der Waals surface area contributed by atoms with E-state index in [-0.39, 0.29) is 17.8 Å². The average Bonchev–Trinajstić information content (AvgIpc) is 2.91. The number of hydrogen-bond donors (Lipinski definition) is 4. The number of para-hydroxylation sites is 1. The van der Waals surface area contributed by atoms with Crippen molar-refractivity contribution in [3.8, 4) is 5.75 Å². The monoisotopic (exact) mass is 517 g/mol. The minimum atomic E-state index is -0.389. The van der Waals surface area contributed by atoms with Crippen molar-refractivity contribution in [2.45, 2.75) is 26.8 Å². The molecular formula is C29H35N5O4. The van der Waals surface area contributed by atoms with Gasteiger partial charge in [-0.1, -0.05) is 37.3 Å². The normalized spacial score (nSPS) is 10.5. The molecule has 0 atom stereocenters. The van der Waals surface area contributed by atoms with Crippen LogP contribution in [0.1, 0.15) is 36.2 Å². The van der Waals surface area contributed by atoms with Gasteiger partial charge in [-0.2, -0.15) is 0 Å². The van der Waals surface area contributed by atoms with Crippen molar-refractivity contribution in [3.05, 3.63) is 83.9 Å². The van der Waals surface area contributed by atoms with Crippen molar-refractivity contribution in [2.24, 2.45) is 0 Å². The van der Waals surface area contributed by atoms with Crippen LogP contribution in [0.2, 0.25) is 0 Å². The van der Waals surface area contributed by atoms with Gasteiger partial charge in [-0.3, -0.25) is 14.5 Å². The van der Waals surface area contributed by atoms with Crippen molar-refractivity contribution in [2.75, 3.05) is 42.7 Å². The predicted octanol–water partition coefficient (Wildman–Crippen LogP) is 4.94. The van der Waals surface area contributed by atoms with Gasteiger partial charge in [0.1, 0.15) is 5.75 Å². The molecule has 3 rings (SSSR count). The van der Waals surface area contributed by atoms with Gasteiger partial charge in [-0.05, 0) is 54.9 Å². The van der Waals surface area contributed by atoms with Gasteiger partial charge in [-0.25, -0.2) is 4.79 Å². The Kier molecular flexibility index (Phi) is 10.7. The lowest BCUT2D eigenvalue weighted by Crippen LogP contribution is -2.30. The van der Waals surface area contributed by atoms with E-state index in [0.29, 0.717) is 29.2 Å². The van der Waals surface area contributed by atoms with Crippen LogP contribution in [0.3, 0.4) is 0 Å². The molecule has 200 valence electrons. The highest BCUT2D eigenvalue weighted by Gasteiger charge is 2.14. The second-order valence-corrected chi connectivity index (χ2v) is 8.72. The number of carbonyl (C=O) groups excluding carboxylic acids is 3. The zero-order valence-electron chi connectivity index (χ0n) is 22.0. The summed E-state index contributed by atoms with van der Waals surface area (Å²) < 4.78 is 5.40. The molecule has 0 aliphatic carbocycles. The largest absolute Gasteiger partial charge is 0.496 e. The number of benzene rings is 3. The summed E-state index contributed by atoms with van der Waals surface area (Å²) in [6.45, 7) is 6.58. The van der Waals surface area contributed by atoms with Gasteiger partial charge in [0.05, 0.1) is 12.7 Å². The third-order valence-corrected chi connectivity index (χ3v) is 5.80. The average molecular weight is 518 g/mol. The van der Waals surface area contributed by atoms with E-state index in [1.807, 2.05) is 42.5 Å². The lowest BCUT2D eigenvalue weighted by molar-refractivity contribution is -0.114. The van der Waals surface area contributed by atoms with Crippen LogP contribution in [-0.4, -0.2) is 49.5 Å². The van der Waals surface area contributed by atoms with Crippen molar-refractivity contribution < 1.29 is 19.1 Å². The number of nitrogens with one attached hydrogen (secondary N) is 4. The van der Waals surface area contributed by atoms with Crippen LogP contribution in [0.5, 0.6) is 5.75 Å². The third kappa shape index (κ3) is 8.94. The molecule has 0 unspecified atom stereocenters. The minimum Gasteiger partial charge on any atom is -0.496 e. The standard InChI is InChI=1S/C29H35N5O4/c1-4-34(20-22-11-13-24(14-12-22)31-21(2)35)18-8-17-30-28(36)26-16-15-25(19-27(26)38-3)33-29(37)32-23-9-6-5-7-10-23/h5-7,9-16,19H,4,8,17-18,20H2,1-3H3,(H,30,36)(H,31,35)(H2,32,33,37). The molecule has 0 radical (unpaired) electrons. The summed E-state index contributed by atoms with van der Waals surface area (Å²) in [6, 6.07) is 21.5. The summed E-state index contributed by atoms with van der Waals surface area (Å²) in [5.74, 6) is 0.0445. The highest BCUT2D eigenvalue weighted by molar-refractivity contribution is 6.01. The molecule has 0 aliphatic rings. The Hall–Kier alpha value is -4.37. The number of rotatable bonds is 12. The molecule has 3 aromatic rings. The van der Waals surface area contributed by atoms with Gasteiger partial charge in [0.15, 0.2) is 0 Å². The van der Waals surface area contributed by atoms with Gasteiger partial charge in [0.25, 0.3) is 5.91 Å². The summed E-state index contributed by atoms with van der Waals surface area (Å²) in [5.41, 5.74) is 3.51. The number of urea groups is 1. The number of amides is 4. The van der Waals surface area contributed by atoms with Crippen LogP contribution < -0.4 is 26.0 Å². The van der Waals surface area contributed by atoms with E-state index in [4.69, 9.17) is 4.74 Å². The fourth-order valence-corrected chi connectivity index (χ4v) is 3.88. The van der Waals surface area contributed by atoms with Crippen LogP contribution in [0, 0.1) is 0 Å². The molecule has 0 spiro atoms. The van der Waals surface area contributed by atoms with Crippen molar-refractivity contribution in [3.63, 3.8) is 0 Å². The van der Waals surface area contributed by atoms with Gasteiger partial charge in [0, 0.05) is 49.7 Å². The Morgan fingerprint density at radius 1 is 0.842 bits per heavy atom. The number of ether oxygens (including phenoxy) is 1. The maximum atomic E-state index is 12.8. The summed E-state index contributed by atoms with van der Waals surface area (Å²) in [4.78, 5) is 38.5. The van der Waals surface area contributed by atoms with E-state index >= 15 is 0 Å². The molecule has 4 amide bonds. The SMILES string of the molecule is CCN(CCCNC(=O)c1ccc(NC(=O)Nc2ccccc2)cc1OC)Cc1ccc(NC(C)=O)cc1. The van der Waals surface area contributed by atoms with Crippen LogP contribution in [0.15, 0.2) is 72.8 Å². The number of nitrogens with zero attached hydrogens (tertiary/aromatic N) is 1. The number of methoxy groups -OCH3 is 1. The molecule has 0 fully saturated rings. The van der Waals surface area contributed by atoms with E-state index in [1.54, 1.807) is 30.3 Å². The minimum absolute atomic E-state index is 0.0913. The Balaban J connectivity index is 1.46. The highest BCUT2D eigenvalue weighted by Crippen LogP contribution is 2.23. The zero-order chi connectivity index (χ0) is 27.3. The highest BCUT2D eigenvalue weighted by atomic mass is 16.5. The maximum absolute atomic E-state index is 12.8. The topological polar surface area (TPSA) is 112 Å². The summed E-state index contributed by atoms with van der Waals surface area (Å²) in [7, 11) is 1.49. The van der Waals surface area contributed by atoms with Crippen LogP contribution in [0.25, 0.3) is 0 Å². The molecule has 0 saturated carbocycles. The van der Waals surface area contributed by atoms with Gasteiger partial charge in [0.2, 0.25) is 5.91 Å². The van der Waals surface area contributed by atoms with Gasteiger partial charge in [-0.15, -0.1) is 0 Å². The lowest BCUT2D eigenvalue weighted by atomic mass is 10.1. The molecule has 0 saturated heterocycles. The first-order valence-corrected chi connectivity index (χ1v) is 12.6. The van der Waals surface area contributed by atoms with Gasteiger partial charge < -0.3 is 26.0 Å². The second-order valence-electron chi connectivity index (χ2n) is 8.72. The van der Waals surface area contributed by atoms with E-state index in [1.165, 1.54) is 14.0 Å². The molecule has 0 aromatic heterocycles. The smallest absolute Gasteiger partial charge is 0.323 e. The van der Waals surface area contributed by atoms with Crippen LogP contribution in [-0.2, 0) is 11.3 Å². The first kappa shape index (κ1) is 28.2. The molecule has 0 aliphatic heterocycles. The molecule has 9 heteroatoms. The molecule has 3 aromatic carbocycles. The Morgan fingerprint density at radius 3 is 2.16 bits per heavy atom. The van der Waals surface area contributed by atoms with Gasteiger partial charge >= 0.3 is 6.03 Å². The fraction of sp³-hybridized carbons (Fsp3) is 0.276. The van der Waals surface area contributed by atoms with Crippen molar-refractivity contribution in [1.29, 1.82) is 0 Å².